The molecule has 1 heterocycles. The lowest BCUT2D eigenvalue weighted by Crippen LogP contribution is -2.06. The molecule has 1 aromatic carbocycles. The molecule has 0 aliphatic heterocycles. The number of nitrogens with zero attached hydrogens (tertiary/aromatic N) is 3. The average Bonchev–Trinajstić information content (AvgIpc) is 2.88. The Bertz CT molecular complexity index is 583. The monoisotopic (exact) mass is 314 g/mol. The summed E-state index contributed by atoms with van der Waals surface area (Å²) < 4.78 is 1.74. The normalized spacial score (nSPS) is 11.1. The van der Waals surface area contributed by atoms with Gasteiger partial charge in [0.1, 0.15) is 6.61 Å². The second kappa shape index (κ2) is 7.89. The fourth-order valence-electron chi connectivity index (χ4n) is 1.52. The van der Waals surface area contributed by atoms with Gasteiger partial charge in [-0.2, -0.15) is 5.10 Å². The highest BCUT2D eigenvalue weighted by atomic mass is 35.5. The van der Waals surface area contributed by atoms with Crippen molar-refractivity contribution in [2.45, 2.75) is 6.92 Å². The largest absolute Gasteiger partial charge is 0.394 e. The zero-order valence-corrected chi connectivity index (χ0v) is 12.6. The number of hydrogen-bond acceptors (Lipinski definition) is 4. The fourth-order valence-corrected chi connectivity index (χ4v) is 1.70. The maximum Gasteiger partial charge on any atom is 0.129 e. The SMILES string of the molecule is C/C(=N\OCCN)c1cnn(-c2cccc(Cl)c2)c1.Cl. The second-order valence-corrected chi connectivity index (χ2v) is 4.39. The molecule has 0 saturated heterocycles. The number of oxime groups is 1. The molecule has 0 spiro atoms. The van der Waals surface area contributed by atoms with Crippen molar-refractivity contribution in [2.75, 3.05) is 13.2 Å². The highest BCUT2D eigenvalue weighted by Crippen LogP contribution is 2.14. The molecule has 0 saturated carbocycles. The van der Waals surface area contributed by atoms with Crippen molar-refractivity contribution in [2.24, 2.45) is 10.9 Å². The Hall–Kier alpha value is -1.56. The Labute approximate surface area is 128 Å². The third kappa shape index (κ3) is 4.23. The van der Waals surface area contributed by atoms with Crippen LogP contribution in [0.25, 0.3) is 5.69 Å². The van der Waals surface area contributed by atoms with Crippen molar-refractivity contribution in [3.05, 3.63) is 47.2 Å². The van der Waals surface area contributed by atoms with Crippen LogP contribution in [0.1, 0.15) is 12.5 Å². The van der Waals surface area contributed by atoms with Crippen molar-refractivity contribution in [3.63, 3.8) is 0 Å². The van der Waals surface area contributed by atoms with Gasteiger partial charge < -0.3 is 10.6 Å². The molecule has 20 heavy (non-hydrogen) atoms. The topological polar surface area (TPSA) is 65.4 Å². The van der Waals surface area contributed by atoms with Gasteiger partial charge in [-0.3, -0.25) is 0 Å². The Morgan fingerprint density at radius 3 is 3.00 bits per heavy atom. The van der Waals surface area contributed by atoms with Crippen LogP contribution in [0.3, 0.4) is 0 Å². The summed E-state index contributed by atoms with van der Waals surface area (Å²) in [4.78, 5) is 5.04. The van der Waals surface area contributed by atoms with E-state index >= 15 is 0 Å². The quantitative estimate of drug-likeness (QED) is 0.524. The minimum absolute atomic E-state index is 0. The first-order chi connectivity index (χ1) is 9.20. The molecule has 0 aliphatic carbocycles. The molecule has 2 N–H and O–H groups in total. The van der Waals surface area contributed by atoms with E-state index in [1.54, 1.807) is 10.9 Å². The van der Waals surface area contributed by atoms with Gasteiger partial charge >= 0.3 is 0 Å². The van der Waals surface area contributed by atoms with Gasteiger partial charge in [-0.25, -0.2) is 4.68 Å². The summed E-state index contributed by atoms with van der Waals surface area (Å²) in [5.74, 6) is 0. The predicted octanol–water partition coefficient (Wildman–Crippen LogP) is 2.65. The lowest BCUT2D eigenvalue weighted by atomic mass is 10.2. The molecule has 2 aromatic rings. The Balaban J connectivity index is 0.00000200. The Kier molecular flexibility index (Phi) is 6.51. The molecule has 2 rings (SSSR count). The highest BCUT2D eigenvalue weighted by molar-refractivity contribution is 6.30. The van der Waals surface area contributed by atoms with E-state index in [0.717, 1.165) is 17.0 Å². The van der Waals surface area contributed by atoms with E-state index in [1.165, 1.54) is 0 Å². The molecule has 0 atom stereocenters. The van der Waals surface area contributed by atoms with Crippen molar-refractivity contribution < 1.29 is 4.84 Å². The molecule has 0 bridgehead atoms. The van der Waals surface area contributed by atoms with Gasteiger partial charge in [-0.15, -0.1) is 12.4 Å². The molecule has 0 fully saturated rings. The van der Waals surface area contributed by atoms with E-state index < -0.39 is 0 Å². The van der Waals surface area contributed by atoms with Gasteiger partial charge in [0.25, 0.3) is 0 Å². The summed E-state index contributed by atoms with van der Waals surface area (Å²) in [6.07, 6.45) is 3.60. The molecule has 0 aliphatic rings. The van der Waals surface area contributed by atoms with Gasteiger partial charge in [0.2, 0.25) is 0 Å². The van der Waals surface area contributed by atoms with Crippen LogP contribution in [-0.2, 0) is 4.84 Å². The zero-order valence-electron chi connectivity index (χ0n) is 11.0. The van der Waals surface area contributed by atoms with Crippen LogP contribution in [0.2, 0.25) is 5.02 Å². The molecular formula is C13H16Cl2N4O. The van der Waals surface area contributed by atoms with Gasteiger partial charge in [-0.05, 0) is 25.1 Å². The smallest absolute Gasteiger partial charge is 0.129 e. The Morgan fingerprint density at radius 2 is 2.30 bits per heavy atom. The van der Waals surface area contributed by atoms with Crippen molar-refractivity contribution in [3.8, 4) is 5.69 Å². The lowest BCUT2D eigenvalue weighted by Gasteiger charge is -2.01. The first-order valence-electron chi connectivity index (χ1n) is 5.88. The van der Waals surface area contributed by atoms with Crippen molar-refractivity contribution in [1.29, 1.82) is 0 Å². The maximum absolute atomic E-state index is 5.95. The highest BCUT2D eigenvalue weighted by Gasteiger charge is 2.04. The number of halogens is 2. The standard InChI is InChI=1S/C13H15ClN4O.ClH/c1-10(17-19-6-5-15)11-8-16-18(9-11)13-4-2-3-12(14)7-13;/h2-4,7-9H,5-6,15H2,1H3;1H/b17-10+;. The van der Waals surface area contributed by atoms with Crippen LogP contribution in [-0.4, -0.2) is 28.6 Å². The van der Waals surface area contributed by atoms with E-state index in [2.05, 4.69) is 10.3 Å². The predicted molar refractivity (Wildman–Crippen MR) is 83.0 cm³/mol. The third-order valence-electron chi connectivity index (χ3n) is 2.48. The number of aromatic nitrogens is 2. The fraction of sp³-hybridized carbons (Fsp3) is 0.231. The zero-order chi connectivity index (χ0) is 13.7. The summed E-state index contributed by atoms with van der Waals surface area (Å²) in [6.45, 7) is 2.70. The van der Waals surface area contributed by atoms with Gasteiger partial charge in [0, 0.05) is 23.3 Å². The summed E-state index contributed by atoms with van der Waals surface area (Å²) in [5, 5.41) is 8.91. The minimum atomic E-state index is 0. The van der Waals surface area contributed by atoms with Crippen molar-refractivity contribution in [1.82, 2.24) is 9.78 Å². The van der Waals surface area contributed by atoms with Crippen LogP contribution < -0.4 is 5.73 Å². The third-order valence-corrected chi connectivity index (χ3v) is 2.72. The van der Waals surface area contributed by atoms with Crippen LogP contribution in [0.15, 0.2) is 41.8 Å². The van der Waals surface area contributed by atoms with Crippen LogP contribution >= 0.6 is 24.0 Å². The molecular weight excluding hydrogens is 299 g/mol. The van der Waals surface area contributed by atoms with Crippen LogP contribution in [0.4, 0.5) is 0 Å². The summed E-state index contributed by atoms with van der Waals surface area (Å²) in [7, 11) is 0. The first-order valence-corrected chi connectivity index (χ1v) is 6.26. The molecule has 5 nitrogen and oxygen atoms in total. The number of nitrogens with two attached hydrogens (primary N) is 1. The molecule has 0 amide bonds. The number of benzene rings is 1. The molecule has 0 unspecified atom stereocenters. The summed E-state index contributed by atoms with van der Waals surface area (Å²) in [5.41, 5.74) is 7.86. The Morgan fingerprint density at radius 1 is 1.50 bits per heavy atom. The summed E-state index contributed by atoms with van der Waals surface area (Å²) in [6, 6.07) is 7.48. The number of hydrogen-bond donors (Lipinski definition) is 1. The molecule has 7 heteroatoms. The average molecular weight is 315 g/mol. The molecule has 1 aromatic heterocycles. The van der Waals surface area contributed by atoms with Gasteiger partial charge in [-0.1, -0.05) is 22.8 Å². The summed E-state index contributed by atoms with van der Waals surface area (Å²) >= 11 is 5.95. The minimum Gasteiger partial charge on any atom is -0.394 e. The molecule has 108 valence electrons. The first kappa shape index (κ1) is 16.5. The maximum atomic E-state index is 5.95. The lowest BCUT2D eigenvalue weighted by molar-refractivity contribution is 0.152. The van der Waals surface area contributed by atoms with E-state index in [0.29, 0.717) is 18.2 Å². The second-order valence-electron chi connectivity index (χ2n) is 3.95. The number of rotatable bonds is 5. The van der Waals surface area contributed by atoms with E-state index in [-0.39, 0.29) is 12.4 Å². The van der Waals surface area contributed by atoms with Crippen molar-refractivity contribution >= 4 is 29.7 Å². The van der Waals surface area contributed by atoms with Gasteiger partial charge in [0.05, 0.1) is 17.6 Å². The van der Waals surface area contributed by atoms with Crippen LogP contribution in [0, 0.1) is 0 Å². The van der Waals surface area contributed by atoms with E-state index in [9.17, 15) is 0 Å². The van der Waals surface area contributed by atoms with E-state index in [4.69, 9.17) is 22.2 Å². The van der Waals surface area contributed by atoms with Gasteiger partial charge in [0.15, 0.2) is 0 Å². The van der Waals surface area contributed by atoms with E-state index in [1.807, 2.05) is 37.4 Å². The van der Waals surface area contributed by atoms with Crippen LogP contribution in [0.5, 0.6) is 0 Å². The molecule has 0 radical (unpaired) electrons.